The second-order valence-corrected chi connectivity index (χ2v) is 5.73. The summed E-state index contributed by atoms with van der Waals surface area (Å²) in [5.74, 6) is 0.221. The number of rotatable bonds is 4. The zero-order valence-corrected chi connectivity index (χ0v) is 13.8. The van der Waals surface area contributed by atoms with E-state index in [2.05, 4.69) is 37.9 Å². The maximum atomic E-state index is 12.6. The van der Waals surface area contributed by atoms with Gasteiger partial charge in [-0.15, -0.1) is 10.2 Å². The lowest BCUT2D eigenvalue weighted by molar-refractivity contribution is 0.0664. The van der Waals surface area contributed by atoms with Crippen molar-refractivity contribution in [1.29, 1.82) is 5.26 Å². The number of piperazine rings is 1. The topological polar surface area (TPSA) is 114 Å². The Balaban J connectivity index is 1.71. The van der Waals surface area contributed by atoms with Gasteiger partial charge in [0.1, 0.15) is 11.6 Å². The minimum absolute atomic E-state index is 0.0133. The Hall–Kier alpha value is -3.25. The molecule has 0 atom stereocenters. The van der Waals surface area contributed by atoms with Crippen LogP contribution >= 0.6 is 0 Å². The van der Waals surface area contributed by atoms with Crippen molar-refractivity contribution in [2.24, 2.45) is 0 Å². The number of tetrazole rings is 1. The summed E-state index contributed by atoms with van der Waals surface area (Å²) < 4.78 is 0. The number of nitriles is 1. The van der Waals surface area contributed by atoms with Crippen molar-refractivity contribution in [2.45, 2.75) is 0 Å². The van der Waals surface area contributed by atoms with Crippen LogP contribution in [0.5, 0.6) is 0 Å². The summed E-state index contributed by atoms with van der Waals surface area (Å²) in [6, 6.07) is 9.19. The van der Waals surface area contributed by atoms with Crippen molar-refractivity contribution in [2.75, 3.05) is 38.5 Å². The fourth-order valence-electron chi connectivity index (χ4n) is 2.51. The first kappa shape index (κ1) is 16.6. The van der Waals surface area contributed by atoms with Crippen LogP contribution in [0.2, 0.25) is 0 Å². The average Bonchev–Trinajstić information content (AvgIpc) is 3.17. The molecule has 2 aromatic rings. The van der Waals surface area contributed by atoms with Crippen molar-refractivity contribution in [3.05, 3.63) is 41.9 Å². The van der Waals surface area contributed by atoms with E-state index in [-0.39, 0.29) is 17.3 Å². The fraction of sp³-hybridized carbons (Fsp3) is 0.312. The zero-order chi connectivity index (χ0) is 17.6. The normalized spacial score (nSPS) is 15.7. The number of hydrogen-bond donors (Lipinski definition) is 2. The Morgan fingerprint density at radius 1 is 1.36 bits per heavy atom. The lowest BCUT2D eigenvalue weighted by atomic mass is 10.1. The number of carbonyl (C=O) groups excluding carboxylic acids is 1. The molecular formula is C16H18N8O. The van der Waals surface area contributed by atoms with E-state index in [1.54, 1.807) is 18.2 Å². The molecule has 1 aromatic carbocycles. The molecule has 0 bridgehead atoms. The van der Waals surface area contributed by atoms with E-state index >= 15 is 0 Å². The van der Waals surface area contributed by atoms with E-state index in [1.165, 1.54) is 6.20 Å². The van der Waals surface area contributed by atoms with Gasteiger partial charge in [0.25, 0.3) is 5.91 Å². The predicted octanol–water partition coefficient (Wildman–Crippen LogP) is 0.564. The first-order valence-corrected chi connectivity index (χ1v) is 7.86. The van der Waals surface area contributed by atoms with Crippen LogP contribution in [0, 0.1) is 11.3 Å². The molecule has 0 unspecified atom stereocenters. The summed E-state index contributed by atoms with van der Waals surface area (Å²) in [5.41, 5.74) is 1.56. The van der Waals surface area contributed by atoms with Crippen LogP contribution in [-0.2, 0) is 0 Å². The smallest absolute Gasteiger partial charge is 0.254 e. The number of aromatic amines is 1. The van der Waals surface area contributed by atoms with E-state index in [0.29, 0.717) is 11.3 Å². The molecule has 1 saturated heterocycles. The van der Waals surface area contributed by atoms with Gasteiger partial charge in [-0.1, -0.05) is 6.07 Å². The van der Waals surface area contributed by atoms with Crippen LogP contribution < -0.4 is 5.32 Å². The van der Waals surface area contributed by atoms with Gasteiger partial charge in [-0.3, -0.25) is 4.79 Å². The summed E-state index contributed by atoms with van der Waals surface area (Å²) in [6.45, 7) is 3.21. The monoisotopic (exact) mass is 338 g/mol. The summed E-state index contributed by atoms with van der Waals surface area (Å²) >= 11 is 0. The molecule has 2 N–H and O–H groups in total. The first-order valence-electron chi connectivity index (χ1n) is 7.86. The van der Waals surface area contributed by atoms with Crippen molar-refractivity contribution in [3.8, 4) is 6.07 Å². The Bertz CT molecular complexity index is 800. The van der Waals surface area contributed by atoms with Gasteiger partial charge in [-0.25, -0.2) is 0 Å². The van der Waals surface area contributed by atoms with Gasteiger partial charge in [-0.05, 0) is 30.5 Å². The standard InChI is InChI=1S/C16H18N8O/c1-23-5-7-24(8-6-23)16(25)12-3-2-4-14(9-12)18-11-13(10-17)15-19-21-22-20-15/h2-4,9,11,18H,5-8H2,1H3,(H,19,20,21,22). The molecule has 3 rings (SSSR count). The molecule has 1 fully saturated rings. The van der Waals surface area contributed by atoms with E-state index in [4.69, 9.17) is 5.26 Å². The summed E-state index contributed by atoms with van der Waals surface area (Å²) in [6.07, 6.45) is 1.49. The number of amides is 1. The van der Waals surface area contributed by atoms with Crippen LogP contribution in [0.4, 0.5) is 5.69 Å². The molecule has 0 spiro atoms. The highest BCUT2D eigenvalue weighted by molar-refractivity contribution is 5.95. The number of aromatic nitrogens is 4. The molecule has 25 heavy (non-hydrogen) atoms. The third-order valence-corrected chi connectivity index (χ3v) is 3.99. The van der Waals surface area contributed by atoms with Gasteiger partial charge in [-0.2, -0.15) is 10.5 Å². The van der Waals surface area contributed by atoms with Gasteiger partial charge in [0.05, 0.1) is 0 Å². The molecular weight excluding hydrogens is 320 g/mol. The molecule has 9 nitrogen and oxygen atoms in total. The van der Waals surface area contributed by atoms with Crippen molar-refractivity contribution >= 4 is 17.2 Å². The number of allylic oxidation sites excluding steroid dienone is 1. The number of nitrogens with zero attached hydrogens (tertiary/aromatic N) is 6. The molecule has 0 radical (unpaired) electrons. The van der Waals surface area contributed by atoms with Crippen LogP contribution in [-0.4, -0.2) is 69.6 Å². The Labute approximate surface area is 144 Å². The minimum Gasteiger partial charge on any atom is -0.360 e. The maximum absolute atomic E-state index is 12.6. The lowest BCUT2D eigenvalue weighted by Crippen LogP contribution is -2.47. The number of carbonyl (C=O) groups is 1. The highest BCUT2D eigenvalue weighted by atomic mass is 16.2. The van der Waals surface area contributed by atoms with E-state index < -0.39 is 0 Å². The molecule has 1 aliphatic heterocycles. The Morgan fingerprint density at radius 3 is 2.84 bits per heavy atom. The molecule has 1 amide bonds. The second kappa shape index (κ2) is 7.55. The predicted molar refractivity (Wildman–Crippen MR) is 91.2 cm³/mol. The third-order valence-electron chi connectivity index (χ3n) is 3.99. The zero-order valence-electron chi connectivity index (χ0n) is 13.8. The molecule has 0 saturated carbocycles. The number of benzene rings is 1. The average molecular weight is 338 g/mol. The molecule has 2 heterocycles. The summed E-state index contributed by atoms with van der Waals surface area (Å²) in [7, 11) is 2.05. The number of likely N-dealkylation sites (N-methyl/N-ethyl adjacent to an activating group) is 1. The second-order valence-electron chi connectivity index (χ2n) is 5.73. The summed E-state index contributed by atoms with van der Waals surface area (Å²) in [5, 5.41) is 25.4. The highest BCUT2D eigenvalue weighted by Crippen LogP contribution is 2.15. The van der Waals surface area contributed by atoms with Crippen LogP contribution in [0.15, 0.2) is 30.5 Å². The Kier molecular flexibility index (Phi) is 5.01. The quantitative estimate of drug-likeness (QED) is 0.783. The van der Waals surface area contributed by atoms with Crippen LogP contribution in [0.25, 0.3) is 5.57 Å². The van der Waals surface area contributed by atoms with Gasteiger partial charge in [0.2, 0.25) is 5.82 Å². The van der Waals surface area contributed by atoms with Gasteiger partial charge < -0.3 is 15.1 Å². The fourth-order valence-corrected chi connectivity index (χ4v) is 2.51. The van der Waals surface area contributed by atoms with E-state index in [0.717, 1.165) is 26.2 Å². The molecule has 0 aliphatic carbocycles. The van der Waals surface area contributed by atoms with Gasteiger partial charge in [0, 0.05) is 43.6 Å². The largest absolute Gasteiger partial charge is 0.360 e. The SMILES string of the molecule is CN1CCN(C(=O)c2cccc(NC=C(C#N)c3nn[nH]n3)c2)CC1. The van der Waals surface area contributed by atoms with Crippen molar-refractivity contribution < 1.29 is 4.79 Å². The van der Waals surface area contributed by atoms with Crippen LogP contribution in [0.1, 0.15) is 16.2 Å². The number of nitrogens with one attached hydrogen (secondary N) is 2. The van der Waals surface area contributed by atoms with E-state index in [9.17, 15) is 4.79 Å². The minimum atomic E-state index is 0.0133. The first-order chi connectivity index (χ1) is 12.2. The lowest BCUT2D eigenvalue weighted by Gasteiger charge is -2.32. The molecule has 128 valence electrons. The van der Waals surface area contributed by atoms with Crippen LogP contribution in [0.3, 0.4) is 0 Å². The number of H-pyrrole nitrogens is 1. The summed E-state index contributed by atoms with van der Waals surface area (Å²) in [4.78, 5) is 16.7. The maximum Gasteiger partial charge on any atom is 0.254 e. The van der Waals surface area contributed by atoms with Gasteiger partial charge >= 0.3 is 0 Å². The molecule has 1 aliphatic rings. The number of anilines is 1. The molecule has 1 aromatic heterocycles. The number of hydrogen-bond acceptors (Lipinski definition) is 7. The van der Waals surface area contributed by atoms with Gasteiger partial charge in [0.15, 0.2) is 0 Å². The van der Waals surface area contributed by atoms with E-state index in [1.807, 2.05) is 17.0 Å². The Morgan fingerprint density at radius 2 is 2.16 bits per heavy atom. The van der Waals surface area contributed by atoms with Crippen molar-refractivity contribution in [1.82, 2.24) is 30.4 Å². The highest BCUT2D eigenvalue weighted by Gasteiger charge is 2.20. The van der Waals surface area contributed by atoms with Crippen molar-refractivity contribution in [3.63, 3.8) is 0 Å². The molecule has 9 heteroatoms. The third kappa shape index (κ3) is 3.99.